The average Bonchev–Trinajstić information content (AvgIpc) is 2.26. The molecule has 0 saturated carbocycles. The van der Waals surface area contributed by atoms with Crippen LogP contribution < -0.4 is 11.3 Å². The van der Waals surface area contributed by atoms with E-state index in [0.717, 1.165) is 26.1 Å². The van der Waals surface area contributed by atoms with Gasteiger partial charge >= 0.3 is 0 Å². The molecular weight excluding hydrogens is 192 g/mol. The Kier molecular flexibility index (Phi) is 5.53. The van der Waals surface area contributed by atoms with Crippen LogP contribution in [0.25, 0.3) is 0 Å². The van der Waals surface area contributed by atoms with Crippen LogP contribution in [0, 0.1) is 11.8 Å². The Morgan fingerprint density at radius 3 is 2.33 bits per heavy atom. The highest BCUT2D eigenvalue weighted by molar-refractivity contribution is 4.85. The normalized spacial score (nSPS) is 23.0. The maximum absolute atomic E-state index is 5.65. The first-order valence-electron chi connectivity index (χ1n) is 5.77. The van der Waals surface area contributed by atoms with E-state index >= 15 is 0 Å². The van der Waals surface area contributed by atoms with Crippen LogP contribution in [0.15, 0.2) is 0 Å². The molecule has 1 rings (SSSR count). The molecule has 0 spiro atoms. The van der Waals surface area contributed by atoms with Crippen molar-refractivity contribution in [1.29, 1.82) is 0 Å². The molecule has 1 aliphatic rings. The van der Waals surface area contributed by atoms with Gasteiger partial charge < -0.3 is 9.47 Å². The largest absolute Gasteiger partial charge is 0.381 e. The summed E-state index contributed by atoms with van der Waals surface area (Å²) in [6.07, 6.45) is 2.32. The summed E-state index contributed by atoms with van der Waals surface area (Å²) in [4.78, 5) is 0. The molecule has 1 fully saturated rings. The standard InChI is InChI=1S/C11H24N2O2/c1-8(2)11(14-3)10(13-12)9-4-6-15-7-5-9/h8-11,13H,4-7,12H2,1-3H3. The summed E-state index contributed by atoms with van der Waals surface area (Å²) in [7, 11) is 1.76. The van der Waals surface area contributed by atoms with Crippen LogP contribution in [-0.4, -0.2) is 32.5 Å². The van der Waals surface area contributed by atoms with Crippen molar-refractivity contribution in [3.63, 3.8) is 0 Å². The maximum atomic E-state index is 5.65. The van der Waals surface area contributed by atoms with Gasteiger partial charge in [0.15, 0.2) is 0 Å². The third-order valence-corrected chi connectivity index (χ3v) is 3.25. The van der Waals surface area contributed by atoms with Crippen molar-refractivity contribution in [2.45, 2.75) is 38.8 Å². The third-order valence-electron chi connectivity index (χ3n) is 3.25. The molecule has 4 heteroatoms. The number of rotatable bonds is 5. The van der Waals surface area contributed by atoms with E-state index in [-0.39, 0.29) is 12.1 Å². The molecule has 0 amide bonds. The number of hydrogen-bond donors (Lipinski definition) is 2. The Balaban J connectivity index is 2.58. The molecule has 0 aromatic heterocycles. The van der Waals surface area contributed by atoms with E-state index in [4.69, 9.17) is 15.3 Å². The van der Waals surface area contributed by atoms with E-state index < -0.39 is 0 Å². The van der Waals surface area contributed by atoms with Crippen molar-refractivity contribution in [2.75, 3.05) is 20.3 Å². The van der Waals surface area contributed by atoms with Gasteiger partial charge in [0.05, 0.1) is 12.1 Å². The first-order chi connectivity index (χ1) is 7.20. The van der Waals surface area contributed by atoms with E-state index in [9.17, 15) is 0 Å². The highest BCUT2D eigenvalue weighted by Crippen LogP contribution is 2.24. The SMILES string of the molecule is COC(C(C)C)C(NN)C1CCOCC1. The average molecular weight is 216 g/mol. The maximum Gasteiger partial charge on any atom is 0.0763 e. The summed E-state index contributed by atoms with van der Waals surface area (Å²) in [6.45, 7) is 6.02. The molecule has 0 radical (unpaired) electrons. The fraction of sp³-hybridized carbons (Fsp3) is 1.00. The van der Waals surface area contributed by atoms with E-state index in [1.54, 1.807) is 7.11 Å². The van der Waals surface area contributed by atoms with Crippen LogP contribution in [0.4, 0.5) is 0 Å². The lowest BCUT2D eigenvalue weighted by molar-refractivity contribution is -0.0156. The highest BCUT2D eigenvalue weighted by atomic mass is 16.5. The third kappa shape index (κ3) is 3.41. The fourth-order valence-electron chi connectivity index (χ4n) is 2.41. The topological polar surface area (TPSA) is 56.5 Å². The van der Waals surface area contributed by atoms with Crippen molar-refractivity contribution in [3.8, 4) is 0 Å². The number of hydrogen-bond acceptors (Lipinski definition) is 4. The summed E-state index contributed by atoms with van der Waals surface area (Å²) in [5.41, 5.74) is 2.92. The van der Waals surface area contributed by atoms with Gasteiger partial charge in [0.2, 0.25) is 0 Å². The van der Waals surface area contributed by atoms with Gasteiger partial charge in [-0.2, -0.15) is 0 Å². The fourth-order valence-corrected chi connectivity index (χ4v) is 2.41. The first-order valence-corrected chi connectivity index (χ1v) is 5.77. The second-order valence-corrected chi connectivity index (χ2v) is 4.59. The molecule has 2 unspecified atom stereocenters. The Labute approximate surface area is 92.5 Å². The van der Waals surface area contributed by atoms with Crippen molar-refractivity contribution >= 4 is 0 Å². The summed E-state index contributed by atoms with van der Waals surface area (Å²) in [6, 6.07) is 0.235. The van der Waals surface area contributed by atoms with Gasteiger partial charge in [-0.05, 0) is 24.7 Å². The van der Waals surface area contributed by atoms with Crippen LogP contribution in [-0.2, 0) is 9.47 Å². The highest BCUT2D eigenvalue weighted by Gasteiger charge is 2.31. The predicted molar refractivity (Wildman–Crippen MR) is 60.3 cm³/mol. The van der Waals surface area contributed by atoms with E-state index in [2.05, 4.69) is 19.3 Å². The Morgan fingerprint density at radius 1 is 1.33 bits per heavy atom. The molecule has 1 aliphatic heterocycles. The van der Waals surface area contributed by atoms with Gasteiger partial charge in [-0.25, -0.2) is 0 Å². The lowest BCUT2D eigenvalue weighted by Crippen LogP contribution is -2.52. The molecule has 4 nitrogen and oxygen atoms in total. The molecule has 90 valence electrons. The van der Waals surface area contributed by atoms with Crippen molar-refractivity contribution < 1.29 is 9.47 Å². The zero-order valence-electron chi connectivity index (χ0n) is 10.0. The minimum Gasteiger partial charge on any atom is -0.381 e. The first kappa shape index (κ1) is 12.9. The van der Waals surface area contributed by atoms with Gasteiger partial charge in [0.1, 0.15) is 0 Å². The minimum atomic E-state index is 0.179. The molecule has 0 bridgehead atoms. The Hall–Kier alpha value is -0.160. The van der Waals surface area contributed by atoms with Crippen LogP contribution in [0.5, 0.6) is 0 Å². The molecule has 1 saturated heterocycles. The van der Waals surface area contributed by atoms with Crippen molar-refractivity contribution in [1.82, 2.24) is 5.43 Å². The number of hydrazine groups is 1. The lowest BCUT2D eigenvalue weighted by atomic mass is 9.85. The second-order valence-electron chi connectivity index (χ2n) is 4.59. The van der Waals surface area contributed by atoms with Crippen LogP contribution >= 0.6 is 0 Å². The number of nitrogens with two attached hydrogens (primary N) is 1. The molecule has 2 atom stereocenters. The molecule has 15 heavy (non-hydrogen) atoms. The van der Waals surface area contributed by atoms with Crippen LogP contribution in [0.3, 0.4) is 0 Å². The molecular formula is C11H24N2O2. The molecule has 1 heterocycles. The van der Waals surface area contributed by atoms with Gasteiger partial charge in [-0.3, -0.25) is 11.3 Å². The smallest absolute Gasteiger partial charge is 0.0763 e. The zero-order chi connectivity index (χ0) is 11.3. The number of methoxy groups -OCH3 is 1. The van der Waals surface area contributed by atoms with Gasteiger partial charge in [0.25, 0.3) is 0 Å². The minimum absolute atomic E-state index is 0.179. The molecule has 3 N–H and O–H groups in total. The predicted octanol–water partition coefficient (Wildman–Crippen LogP) is 0.916. The molecule has 0 aromatic rings. The molecule has 0 aliphatic carbocycles. The van der Waals surface area contributed by atoms with Crippen molar-refractivity contribution in [3.05, 3.63) is 0 Å². The van der Waals surface area contributed by atoms with Gasteiger partial charge in [-0.1, -0.05) is 13.8 Å². The summed E-state index contributed by atoms with van der Waals surface area (Å²) in [5, 5.41) is 0. The van der Waals surface area contributed by atoms with Crippen LogP contribution in [0.1, 0.15) is 26.7 Å². The second kappa shape index (κ2) is 6.43. The van der Waals surface area contributed by atoms with Crippen LogP contribution in [0.2, 0.25) is 0 Å². The van der Waals surface area contributed by atoms with Crippen molar-refractivity contribution in [2.24, 2.45) is 17.7 Å². The zero-order valence-corrected chi connectivity index (χ0v) is 10.0. The monoisotopic (exact) mass is 216 g/mol. The van der Waals surface area contributed by atoms with E-state index in [0.29, 0.717) is 11.8 Å². The lowest BCUT2D eigenvalue weighted by Gasteiger charge is -2.36. The summed E-state index contributed by atoms with van der Waals surface area (Å²) < 4.78 is 10.9. The summed E-state index contributed by atoms with van der Waals surface area (Å²) in [5.74, 6) is 6.68. The quantitative estimate of drug-likeness (QED) is 0.530. The number of ether oxygens (including phenoxy) is 2. The van der Waals surface area contributed by atoms with E-state index in [1.807, 2.05) is 0 Å². The Morgan fingerprint density at radius 2 is 1.93 bits per heavy atom. The number of nitrogens with one attached hydrogen (secondary N) is 1. The van der Waals surface area contributed by atoms with E-state index in [1.165, 1.54) is 0 Å². The molecule has 0 aromatic carbocycles. The Bertz CT molecular complexity index is 170. The van der Waals surface area contributed by atoms with Gasteiger partial charge in [-0.15, -0.1) is 0 Å². The van der Waals surface area contributed by atoms with Gasteiger partial charge in [0, 0.05) is 20.3 Å². The summed E-state index contributed by atoms with van der Waals surface area (Å²) >= 11 is 0.